The monoisotopic (exact) mass is 335 g/mol. The number of carbonyl (C=O) groups excluding carboxylic acids is 1. The number of amides is 1. The summed E-state index contributed by atoms with van der Waals surface area (Å²) >= 11 is 2.48. The number of carboxylic acids is 1. The minimum atomic E-state index is -0.995. The van der Waals surface area contributed by atoms with E-state index < -0.39 is 5.97 Å². The fraction of sp³-hybridized carbons (Fsp3) is 0.0833. The van der Waals surface area contributed by atoms with Crippen molar-refractivity contribution in [3.63, 3.8) is 0 Å². The molecule has 0 aliphatic rings. The molecule has 0 saturated heterocycles. The molecule has 3 rings (SSSR count). The van der Waals surface area contributed by atoms with E-state index in [0.717, 1.165) is 0 Å². The van der Waals surface area contributed by atoms with Crippen LogP contribution < -0.4 is 5.32 Å². The van der Waals surface area contributed by atoms with Crippen LogP contribution in [0.15, 0.2) is 29.4 Å². The molecule has 10 heteroatoms. The van der Waals surface area contributed by atoms with E-state index in [1.54, 1.807) is 6.07 Å². The number of H-pyrrole nitrogens is 1. The van der Waals surface area contributed by atoms with Gasteiger partial charge in [-0.1, -0.05) is 23.1 Å². The quantitative estimate of drug-likeness (QED) is 0.608. The van der Waals surface area contributed by atoms with Crippen LogP contribution in [0, 0.1) is 0 Å². The van der Waals surface area contributed by atoms with Crippen molar-refractivity contribution in [3.8, 4) is 0 Å². The molecule has 8 nitrogen and oxygen atoms in total. The average molecular weight is 335 g/mol. The highest BCUT2D eigenvalue weighted by molar-refractivity contribution is 7.99. The van der Waals surface area contributed by atoms with Crippen LogP contribution in [-0.2, 0) is 4.79 Å². The van der Waals surface area contributed by atoms with E-state index in [-0.39, 0.29) is 17.2 Å². The van der Waals surface area contributed by atoms with Gasteiger partial charge in [0.2, 0.25) is 5.91 Å². The fourth-order valence-corrected chi connectivity index (χ4v) is 3.17. The maximum absolute atomic E-state index is 11.8. The second-order valence-electron chi connectivity index (χ2n) is 4.15. The van der Waals surface area contributed by atoms with Gasteiger partial charge in [0.05, 0.1) is 27.7 Å². The van der Waals surface area contributed by atoms with Crippen LogP contribution in [0.25, 0.3) is 10.2 Å². The van der Waals surface area contributed by atoms with Gasteiger partial charge < -0.3 is 10.4 Å². The zero-order valence-electron chi connectivity index (χ0n) is 10.9. The van der Waals surface area contributed by atoms with Gasteiger partial charge >= 0.3 is 5.97 Å². The van der Waals surface area contributed by atoms with Crippen LogP contribution in [0.1, 0.15) is 10.4 Å². The predicted molar refractivity (Wildman–Crippen MR) is 82.3 cm³/mol. The van der Waals surface area contributed by atoms with Crippen LogP contribution >= 0.6 is 23.1 Å². The Bertz CT molecular complexity index is 831. The zero-order chi connectivity index (χ0) is 15.5. The lowest BCUT2D eigenvalue weighted by Crippen LogP contribution is -2.13. The van der Waals surface area contributed by atoms with E-state index in [0.29, 0.717) is 20.4 Å². The molecular formula is C12H9N5O3S2. The number of nitrogens with zero attached hydrogens (tertiary/aromatic N) is 3. The van der Waals surface area contributed by atoms with Gasteiger partial charge in [-0.05, 0) is 18.2 Å². The molecular weight excluding hydrogens is 326 g/mol. The number of anilines is 1. The first-order valence-electron chi connectivity index (χ1n) is 6.04. The summed E-state index contributed by atoms with van der Waals surface area (Å²) in [5.74, 6) is -1.03. The SMILES string of the molecule is O=C(CSc1cn[nH]n1)Nc1nc2ccc(C(=O)O)cc2s1. The van der Waals surface area contributed by atoms with Crippen LogP contribution in [0.5, 0.6) is 0 Å². The Morgan fingerprint density at radius 2 is 2.27 bits per heavy atom. The van der Waals surface area contributed by atoms with Crippen molar-refractivity contribution in [2.45, 2.75) is 5.03 Å². The minimum absolute atomic E-state index is 0.183. The Labute approximate surface area is 132 Å². The summed E-state index contributed by atoms with van der Waals surface area (Å²) in [7, 11) is 0. The molecule has 112 valence electrons. The highest BCUT2D eigenvalue weighted by atomic mass is 32.2. The van der Waals surface area contributed by atoms with Crippen molar-refractivity contribution in [2.24, 2.45) is 0 Å². The number of nitrogens with one attached hydrogen (secondary N) is 2. The lowest BCUT2D eigenvalue weighted by molar-refractivity contribution is -0.113. The number of aromatic amines is 1. The number of rotatable bonds is 5. The summed E-state index contributed by atoms with van der Waals surface area (Å²) in [6.07, 6.45) is 1.53. The second-order valence-corrected chi connectivity index (χ2v) is 6.18. The molecule has 2 aromatic heterocycles. The Kier molecular flexibility index (Phi) is 4.02. The van der Waals surface area contributed by atoms with Gasteiger partial charge in [-0.25, -0.2) is 9.78 Å². The number of hydrogen-bond acceptors (Lipinski definition) is 7. The fourth-order valence-electron chi connectivity index (χ4n) is 1.67. The van der Waals surface area contributed by atoms with Gasteiger partial charge in [0, 0.05) is 0 Å². The summed E-state index contributed by atoms with van der Waals surface area (Å²) in [5.41, 5.74) is 0.838. The number of aromatic nitrogens is 4. The van der Waals surface area contributed by atoms with E-state index in [9.17, 15) is 9.59 Å². The highest BCUT2D eigenvalue weighted by Gasteiger charge is 2.11. The molecule has 3 N–H and O–H groups in total. The first-order valence-corrected chi connectivity index (χ1v) is 7.84. The smallest absolute Gasteiger partial charge is 0.335 e. The standard InChI is InChI=1S/C12H9N5O3S2/c18-9(5-21-10-4-13-17-16-10)15-12-14-7-2-1-6(11(19)20)3-8(7)22-12/h1-4H,5H2,(H,19,20)(H,13,16,17)(H,14,15,18). The number of carbonyl (C=O) groups is 2. The highest BCUT2D eigenvalue weighted by Crippen LogP contribution is 2.27. The zero-order valence-corrected chi connectivity index (χ0v) is 12.6. The molecule has 3 aromatic rings. The van der Waals surface area contributed by atoms with Gasteiger partial charge in [0.1, 0.15) is 5.03 Å². The van der Waals surface area contributed by atoms with Crippen LogP contribution in [0.4, 0.5) is 5.13 Å². The Morgan fingerprint density at radius 3 is 3.00 bits per heavy atom. The first-order chi connectivity index (χ1) is 10.6. The third-order valence-corrected chi connectivity index (χ3v) is 4.46. The second kappa shape index (κ2) is 6.12. The van der Waals surface area contributed by atoms with Crippen molar-refractivity contribution in [2.75, 3.05) is 11.1 Å². The molecule has 0 unspecified atom stereocenters. The number of carboxylic acid groups (broad SMARTS) is 1. The Morgan fingerprint density at radius 1 is 1.41 bits per heavy atom. The number of thiazole rings is 1. The van der Waals surface area contributed by atoms with Crippen LogP contribution in [-0.4, -0.2) is 43.1 Å². The number of hydrogen-bond donors (Lipinski definition) is 3. The lowest BCUT2D eigenvalue weighted by Gasteiger charge is -1.98. The number of aromatic carboxylic acids is 1. The Hall–Kier alpha value is -2.46. The lowest BCUT2D eigenvalue weighted by atomic mass is 10.2. The molecule has 0 spiro atoms. The first kappa shape index (κ1) is 14.5. The number of benzene rings is 1. The van der Waals surface area contributed by atoms with Crippen molar-refractivity contribution in [3.05, 3.63) is 30.0 Å². The largest absolute Gasteiger partial charge is 0.478 e. The van der Waals surface area contributed by atoms with E-state index in [1.807, 2.05) is 0 Å². The van der Waals surface area contributed by atoms with Crippen molar-refractivity contribution < 1.29 is 14.7 Å². The maximum atomic E-state index is 11.8. The van der Waals surface area contributed by atoms with Crippen LogP contribution in [0.3, 0.4) is 0 Å². The molecule has 0 saturated carbocycles. The number of thioether (sulfide) groups is 1. The molecule has 0 bridgehead atoms. The summed E-state index contributed by atoms with van der Waals surface area (Å²) in [4.78, 5) is 27.0. The van der Waals surface area contributed by atoms with E-state index in [1.165, 1.54) is 41.4 Å². The molecule has 0 aliphatic heterocycles. The molecule has 0 atom stereocenters. The molecule has 2 heterocycles. The summed E-state index contributed by atoms with van der Waals surface area (Å²) < 4.78 is 0.708. The number of fused-ring (bicyclic) bond motifs is 1. The van der Waals surface area contributed by atoms with Gasteiger partial charge in [0.15, 0.2) is 5.13 Å². The van der Waals surface area contributed by atoms with Crippen molar-refractivity contribution >= 4 is 50.3 Å². The van der Waals surface area contributed by atoms with Crippen molar-refractivity contribution in [1.82, 2.24) is 20.4 Å². The topological polar surface area (TPSA) is 121 Å². The molecule has 0 radical (unpaired) electrons. The van der Waals surface area contributed by atoms with Crippen molar-refractivity contribution in [1.29, 1.82) is 0 Å². The predicted octanol–water partition coefficient (Wildman–Crippen LogP) is 1.84. The minimum Gasteiger partial charge on any atom is -0.478 e. The average Bonchev–Trinajstić information content (AvgIpc) is 3.13. The summed E-state index contributed by atoms with van der Waals surface area (Å²) in [5, 5.41) is 22.7. The third kappa shape index (κ3) is 3.23. The van der Waals surface area contributed by atoms with Gasteiger partial charge in [0.25, 0.3) is 0 Å². The van der Waals surface area contributed by atoms with E-state index in [2.05, 4.69) is 25.7 Å². The Balaban J connectivity index is 1.68. The van der Waals surface area contributed by atoms with Gasteiger partial charge in [-0.2, -0.15) is 10.3 Å². The maximum Gasteiger partial charge on any atom is 0.335 e. The molecule has 1 aromatic carbocycles. The van der Waals surface area contributed by atoms with Gasteiger partial charge in [-0.3, -0.25) is 4.79 Å². The third-order valence-electron chi connectivity index (χ3n) is 2.63. The normalized spacial score (nSPS) is 10.7. The molecule has 22 heavy (non-hydrogen) atoms. The van der Waals surface area contributed by atoms with E-state index >= 15 is 0 Å². The summed E-state index contributed by atoms with van der Waals surface area (Å²) in [6, 6.07) is 4.64. The van der Waals surface area contributed by atoms with E-state index in [4.69, 9.17) is 5.11 Å². The molecule has 0 aliphatic carbocycles. The summed E-state index contributed by atoms with van der Waals surface area (Å²) in [6.45, 7) is 0. The van der Waals surface area contributed by atoms with Gasteiger partial charge in [-0.15, -0.1) is 5.10 Å². The molecule has 0 fully saturated rings. The molecule has 1 amide bonds. The van der Waals surface area contributed by atoms with Crippen LogP contribution in [0.2, 0.25) is 0 Å².